The van der Waals surface area contributed by atoms with Crippen molar-refractivity contribution in [2.24, 2.45) is 11.7 Å². The average Bonchev–Trinajstić information content (AvgIpc) is 2.44. The Morgan fingerprint density at radius 1 is 1.62 bits per heavy atom. The Balaban J connectivity index is 2.82. The number of rotatable bonds is 3. The van der Waals surface area contributed by atoms with Crippen LogP contribution >= 0.6 is 31.9 Å². The van der Waals surface area contributed by atoms with Crippen LogP contribution in [0.25, 0.3) is 0 Å². The van der Waals surface area contributed by atoms with Crippen LogP contribution in [0.1, 0.15) is 18.8 Å². The Bertz CT molecular complexity index is 268. The Kier molecular flexibility index (Phi) is 3.97. The summed E-state index contributed by atoms with van der Waals surface area (Å²) in [5.74, 6) is 0.515. The molecule has 0 aliphatic carbocycles. The fraction of sp³-hybridized carbons (Fsp3) is 0.500. The van der Waals surface area contributed by atoms with Crippen molar-refractivity contribution in [3.63, 3.8) is 0 Å². The minimum absolute atomic E-state index is 0.00931. The van der Waals surface area contributed by atoms with E-state index in [9.17, 15) is 5.11 Å². The van der Waals surface area contributed by atoms with Crippen molar-refractivity contribution < 1.29 is 9.52 Å². The van der Waals surface area contributed by atoms with Gasteiger partial charge in [0, 0.05) is 5.92 Å². The third-order valence-electron chi connectivity index (χ3n) is 1.87. The molecule has 0 bridgehead atoms. The van der Waals surface area contributed by atoms with Crippen LogP contribution in [0.15, 0.2) is 19.6 Å². The number of hydrogen-bond donors (Lipinski definition) is 2. The van der Waals surface area contributed by atoms with Crippen molar-refractivity contribution >= 4 is 31.9 Å². The number of nitrogens with two attached hydrogens (primary N) is 1. The summed E-state index contributed by atoms with van der Waals surface area (Å²) in [5, 5.41) is 9.71. The lowest BCUT2D eigenvalue weighted by molar-refractivity contribution is 0.0969. The smallest absolute Gasteiger partial charge is 0.183 e. The lowest BCUT2D eigenvalue weighted by Crippen LogP contribution is -2.18. The highest BCUT2D eigenvalue weighted by atomic mass is 79.9. The minimum atomic E-state index is -0.646. The Morgan fingerprint density at radius 3 is 2.62 bits per heavy atom. The molecule has 2 unspecified atom stereocenters. The van der Waals surface area contributed by atoms with E-state index in [4.69, 9.17) is 10.2 Å². The third kappa shape index (κ3) is 2.56. The number of aliphatic hydroxyl groups is 1. The Labute approximate surface area is 93.6 Å². The van der Waals surface area contributed by atoms with Crippen LogP contribution < -0.4 is 5.73 Å². The highest BCUT2D eigenvalue weighted by molar-refractivity contribution is 9.13. The molecule has 0 fully saturated rings. The van der Waals surface area contributed by atoms with E-state index in [1.54, 1.807) is 6.07 Å². The molecule has 0 aliphatic heterocycles. The molecular weight excluding hydrogens is 302 g/mol. The van der Waals surface area contributed by atoms with E-state index in [-0.39, 0.29) is 5.92 Å². The topological polar surface area (TPSA) is 59.4 Å². The van der Waals surface area contributed by atoms with E-state index < -0.39 is 6.10 Å². The maximum Gasteiger partial charge on any atom is 0.183 e. The van der Waals surface area contributed by atoms with Crippen molar-refractivity contribution in [1.29, 1.82) is 0 Å². The van der Waals surface area contributed by atoms with Gasteiger partial charge in [-0.05, 0) is 44.5 Å². The van der Waals surface area contributed by atoms with Gasteiger partial charge in [-0.1, -0.05) is 6.92 Å². The van der Waals surface area contributed by atoms with Gasteiger partial charge in [0.05, 0.1) is 4.47 Å². The molecule has 74 valence electrons. The highest BCUT2D eigenvalue weighted by Crippen LogP contribution is 2.32. The van der Waals surface area contributed by atoms with E-state index in [2.05, 4.69) is 31.9 Å². The van der Waals surface area contributed by atoms with Crippen LogP contribution in [0.3, 0.4) is 0 Å². The van der Waals surface area contributed by atoms with E-state index in [0.29, 0.717) is 17.0 Å². The van der Waals surface area contributed by atoms with Crippen LogP contribution in [-0.4, -0.2) is 11.7 Å². The van der Waals surface area contributed by atoms with Crippen LogP contribution in [-0.2, 0) is 0 Å². The fourth-order valence-electron chi connectivity index (χ4n) is 0.918. The van der Waals surface area contributed by atoms with E-state index in [0.717, 1.165) is 4.47 Å². The number of furan rings is 1. The Morgan fingerprint density at radius 2 is 2.23 bits per heavy atom. The van der Waals surface area contributed by atoms with E-state index in [1.807, 2.05) is 6.92 Å². The number of hydrogen-bond acceptors (Lipinski definition) is 3. The van der Waals surface area contributed by atoms with Crippen molar-refractivity contribution in [2.75, 3.05) is 6.54 Å². The maximum atomic E-state index is 9.71. The SMILES string of the molecule is CC(CN)C(O)c1cc(Br)c(Br)o1. The van der Waals surface area contributed by atoms with E-state index >= 15 is 0 Å². The first-order chi connectivity index (χ1) is 6.06. The number of halogens is 2. The van der Waals surface area contributed by atoms with Gasteiger partial charge in [0.2, 0.25) is 0 Å². The summed E-state index contributed by atoms with van der Waals surface area (Å²) in [6.07, 6.45) is -0.646. The van der Waals surface area contributed by atoms with Gasteiger partial charge < -0.3 is 15.3 Å². The largest absolute Gasteiger partial charge is 0.450 e. The summed E-state index contributed by atoms with van der Waals surface area (Å²) < 4.78 is 6.65. The maximum absolute atomic E-state index is 9.71. The molecule has 0 amide bonds. The molecule has 0 aromatic carbocycles. The van der Waals surface area contributed by atoms with Crippen molar-refractivity contribution in [3.05, 3.63) is 21.0 Å². The molecule has 1 aromatic rings. The van der Waals surface area contributed by atoms with Gasteiger partial charge in [-0.25, -0.2) is 0 Å². The minimum Gasteiger partial charge on any atom is -0.450 e. The summed E-state index contributed by atoms with van der Waals surface area (Å²) in [4.78, 5) is 0. The van der Waals surface area contributed by atoms with Crippen LogP contribution in [0.5, 0.6) is 0 Å². The zero-order valence-electron chi connectivity index (χ0n) is 7.13. The molecule has 1 aromatic heterocycles. The van der Waals surface area contributed by atoms with Crippen LogP contribution in [0, 0.1) is 5.92 Å². The van der Waals surface area contributed by atoms with Crippen LogP contribution in [0.4, 0.5) is 0 Å². The molecule has 0 spiro atoms. The third-order valence-corrected chi connectivity index (χ3v) is 3.58. The molecule has 0 aliphatic rings. The van der Waals surface area contributed by atoms with Gasteiger partial charge in [-0.15, -0.1) is 0 Å². The van der Waals surface area contributed by atoms with Gasteiger partial charge in [0.1, 0.15) is 11.9 Å². The van der Waals surface area contributed by atoms with Gasteiger partial charge in [0.15, 0.2) is 4.67 Å². The molecule has 1 heterocycles. The lowest BCUT2D eigenvalue weighted by atomic mass is 10.0. The van der Waals surface area contributed by atoms with Gasteiger partial charge >= 0.3 is 0 Å². The highest BCUT2D eigenvalue weighted by Gasteiger charge is 2.19. The molecule has 2 atom stereocenters. The average molecular weight is 313 g/mol. The molecule has 0 saturated heterocycles. The molecule has 0 saturated carbocycles. The first kappa shape index (κ1) is 11.2. The molecule has 1 rings (SSSR count). The Hall–Kier alpha value is 0.160. The lowest BCUT2D eigenvalue weighted by Gasteiger charge is -2.13. The van der Waals surface area contributed by atoms with Crippen molar-refractivity contribution in [1.82, 2.24) is 0 Å². The first-order valence-corrected chi connectivity index (χ1v) is 5.47. The molecular formula is C8H11Br2NO2. The summed E-state index contributed by atoms with van der Waals surface area (Å²) in [5.41, 5.74) is 5.43. The zero-order chi connectivity index (χ0) is 10.0. The van der Waals surface area contributed by atoms with Crippen molar-refractivity contribution in [2.45, 2.75) is 13.0 Å². The zero-order valence-corrected chi connectivity index (χ0v) is 10.3. The number of aliphatic hydroxyl groups excluding tert-OH is 1. The summed E-state index contributed by atoms with van der Waals surface area (Å²) in [6.45, 7) is 2.30. The molecule has 0 radical (unpaired) electrons. The van der Waals surface area contributed by atoms with Crippen molar-refractivity contribution in [3.8, 4) is 0 Å². The monoisotopic (exact) mass is 311 g/mol. The second kappa shape index (κ2) is 4.59. The summed E-state index contributed by atoms with van der Waals surface area (Å²) in [6, 6.07) is 1.74. The van der Waals surface area contributed by atoms with Gasteiger partial charge in [0.25, 0.3) is 0 Å². The molecule has 13 heavy (non-hydrogen) atoms. The quantitative estimate of drug-likeness (QED) is 0.901. The van der Waals surface area contributed by atoms with Gasteiger partial charge in [-0.2, -0.15) is 0 Å². The normalized spacial score (nSPS) is 15.8. The molecule has 3 nitrogen and oxygen atoms in total. The van der Waals surface area contributed by atoms with Crippen LogP contribution in [0.2, 0.25) is 0 Å². The molecule has 5 heteroatoms. The fourth-order valence-corrected chi connectivity index (χ4v) is 1.53. The first-order valence-electron chi connectivity index (χ1n) is 3.89. The van der Waals surface area contributed by atoms with E-state index in [1.165, 1.54) is 0 Å². The van der Waals surface area contributed by atoms with Gasteiger partial charge in [-0.3, -0.25) is 0 Å². The molecule has 3 N–H and O–H groups in total. The second-order valence-corrected chi connectivity index (χ2v) is 4.50. The summed E-state index contributed by atoms with van der Waals surface area (Å²) in [7, 11) is 0. The summed E-state index contributed by atoms with van der Waals surface area (Å²) >= 11 is 6.47. The predicted octanol–water partition coefficient (Wildman–Crippen LogP) is 2.43. The predicted molar refractivity (Wildman–Crippen MR) is 57.3 cm³/mol. The second-order valence-electron chi connectivity index (χ2n) is 2.93. The standard InChI is InChI=1S/C8H11Br2NO2/c1-4(3-11)7(12)6-2-5(9)8(10)13-6/h2,4,7,12H,3,11H2,1H3.